The second kappa shape index (κ2) is 9.71. The van der Waals surface area contributed by atoms with Crippen LogP contribution < -0.4 is 0 Å². The van der Waals surface area contributed by atoms with E-state index in [4.69, 9.17) is 0 Å². The first-order valence-electron chi connectivity index (χ1n) is 8.75. The Balaban J connectivity index is 1.61. The fourth-order valence-corrected chi connectivity index (χ4v) is 3.76. The van der Waals surface area contributed by atoms with E-state index in [2.05, 4.69) is 21.0 Å². The molecule has 0 unspecified atom stereocenters. The van der Waals surface area contributed by atoms with E-state index in [1.54, 1.807) is 10.9 Å². The molecule has 0 aliphatic rings. The summed E-state index contributed by atoms with van der Waals surface area (Å²) in [7, 11) is 0. The zero-order valence-electron chi connectivity index (χ0n) is 15.0. The first-order valence-corrected chi connectivity index (χ1v) is 10.5. The molecule has 1 N–H and O–H groups in total. The number of carbonyl (C=O) groups is 2. The van der Waals surface area contributed by atoms with Crippen LogP contribution >= 0.6 is 27.7 Å². The number of thioether (sulfide) groups is 1. The van der Waals surface area contributed by atoms with Crippen LogP contribution in [0.15, 0.2) is 70.2 Å². The Morgan fingerprint density at radius 1 is 1.07 bits per heavy atom. The highest BCUT2D eigenvalue weighted by molar-refractivity contribution is 9.10. The van der Waals surface area contributed by atoms with Crippen molar-refractivity contribution in [2.24, 2.45) is 0 Å². The van der Waals surface area contributed by atoms with Gasteiger partial charge in [-0.25, -0.2) is 4.79 Å². The van der Waals surface area contributed by atoms with E-state index in [-0.39, 0.29) is 23.7 Å². The highest BCUT2D eigenvalue weighted by Crippen LogP contribution is 2.21. The van der Waals surface area contributed by atoms with Crippen molar-refractivity contribution >= 4 is 39.4 Å². The summed E-state index contributed by atoms with van der Waals surface area (Å²) in [6, 6.07) is 17.6. The number of carboxylic acid groups (broad SMARTS) is 1. The van der Waals surface area contributed by atoms with Crippen LogP contribution in [0.3, 0.4) is 0 Å². The maximum Gasteiger partial charge on any atom is 0.356 e. The second-order valence-electron chi connectivity index (χ2n) is 6.26. The van der Waals surface area contributed by atoms with Gasteiger partial charge in [-0.2, -0.15) is 5.10 Å². The molecule has 2 aromatic carbocycles. The van der Waals surface area contributed by atoms with Crippen molar-refractivity contribution < 1.29 is 14.7 Å². The van der Waals surface area contributed by atoms with Crippen molar-refractivity contribution in [3.05, 3.63) is 82.1 Å². The zero-order valence-corrected chi connectivity index (χ0v) is 17.4. The third-order valence-electron chi connectivity index (χ3n) is 4.11. The van der Waals surface area contributed by atoms with E-state index in [1.807, 2.05) is 54.6 Å². The van der Waals surface area contributed by atoms with Gasteiger partial charge in [0, 0.05) is 34.1 Å². The predicted molar refractivity (Wildman–Crippen MR) is 113 cm³/mol. The van der Waals surface area contributed by atoms with E-state index in [0.29, 0.717) is 12.1 Å². The number of ketones is 1. The number of carbonyl (C=O) groups excluding carboxylic acids is 1. The average Bonchev–Trinajstić information content (AvgIpc) is 3.10. The van der Waals surface area contributed by atoms with Crippen molar-refractivity contribution in [3.63, 3.8) is 0 Å². The number of carboxylic acids is 1. The van der Waals surface area contributed by atoms with Gasteiger partial charge in [-0.15, -0.1) is 11.8 Å². The molecule has 0 fully saturated rings. The van der Waals surface area contributed by atoms with Gasteiger partial charge in [0.15, 0.2) is 5.69 Å². The molecule has 144 valence electrons. The van der Waals surface area contributed by atoms with E-state index in [9.17, 15) is 14.7 Å². The van der Waals surface area contributed by atoms with E-state index in [0.717, 1.165) is 21.4 Å². The smallest absolute Gasteiger partial charge is 0.356 e. The lowest BCUT2D eigenvalue weighted by Gasteiger charge is -2.02. The van der Waals surface area contributed by atoms with Crippen molar-refractivity contribution in [2.45, 2.75) is 24.3 Å². The summed E-state index contributed by atoms with van der Waals surface area (Å²) in [5, 5.41) is 13.6. The molecule has 1 aromatic heterocycles. The molecule has 1 heterocycles. The quantitative estimate of drug-likeness (QED) is 0.478. The van der Waals surface area contributed by atoms with Crippen molar-refractivity contribution in [3.8, 4) is 0 Å². The summed E-state index contributed by atoms with van der Waals surface area (Å²) in [6.07, 6.45) is 2.49. The maximum atomic E-state index is 12.4. The van der Waals surface area contributed by atoms with Gasteiger partial charge in [0.2, 0.25) is 0 Å². The first-order chi connectivity index (χ1) is 13.5. The molecule has 0 bridgehead atoms. The van der Waals surface area contributed by atoms with Crippen molar-refractivity contribution in [1.82, 2.24) is 9.78 Å². The standard InChI is InChI=1S/C21H19BrN2O3S/c22-17-6-8-19(9-7-17)28-14-18(25)12-16-13-24(23-20(16)21(26)27)11-10-15-4-2-1-3-5-15/h1-9,13H,10-12,14H2,(H,26,27). The van der Waals surface area contributed by atoms with Gasteiger partial charge in [0.1, 0.15) is 5.78 Å². The molecule has 0 atom stereocenters. The van der Waals surface area contributed by atoms with Crippen LogP contribution in [-0.2, 0) is 24.2 Å². The Bertz CT molecular complexity index is 956. The predicted octanol–water partition coefficient (Wildman–Crippen LogP) is 4.49. The molecule has 0 radical (unpaired) electrons. The van der Waals surface area contributed by atoms with Gasteiger partial charge in [-0.05, 0) is 36.2 Å². The summed E-state index contributed by atoms with van der Waals surface area (Å²) in [6.45, 7) is 0.562. The molecular formula is C21H19BrN2O3S. The normalized spacial score (nSPS) is 10.8. The Kier molecular flexibility index (Phi) is 7.06. The van der Waals surface area contributed by atoms with Crippen LogP contribution in [0.2, 0.25) is 0 Å². The van der Waals surface area contributed by atoms with Gasteiger partial charge in [-0.3, -0.25) is 9.48 Å². The van der Waals surface area contributed by atoms with Gasteiger partial charge in [0.05, 0.1) is 5.75 Å². The number of halogens is 1. The molecule has 0 amide bonds. The average molecular weight is 459 g/mol. The second-order valence-corrected chi connectivity index (χ2v) is 8.23. The SMILES string of the molecule is O=C(CSc1ccc(Br)cc1)Cc1cn(CCc2ccccc2)nc1C(=O)O. The number of hydrogen-bond acceptors (Lipinski definition) is 4. The molecule has 3 aromatic rings. The number of aromatic carboxylic acids is 1. The van der Waals surface area contributed by atoms with Gasteiger partial charge in [-0.1, -0.05) is 46.3 Å². The molecule has 28 heavy (non-hydrogen) atoms. The monoisotopic (exact) mass is 458 g/mol. The highest BCUT2D eigenvalue weighted by atomic mass is 79.9. The van der Waals surface area contributed by atoms with Gasteiger partial charge >= 0.3 is 5.97 Å². The number of rotatable bonds is 9. The lowest BCUT2D eigenvalue weighted by atomic mass is 10.1. The maximum absolute atomic E-state index is 12.4. The lowest BCUT2D eigenvalue weighted by molar-refractivity contribution is -0.116. The summed E-state index contributed by atoms with van der Waals surface area (Å²) in [5.41, 5.74) is 1.57. The molecule has 0 aliphatic carbocycles. The fourth-order valence-electron chi connectivity index (χ4n) is 2.73. The zero-order chi connectivity index (χ0) is 19.9. The molecule has 0 aliphatic heterocycles. The number of Topliss-reactive ketones (excluding diaryl/α,β-unsaturated/α-hetero) is 1. The molecule has 0 spiro atoms. The fraction of sp³-hybridized carbons (Fsp3) is 0.190. The van der Waals surface area contributed by atoms with Crippen LogP contribution in [0.5, 0.6) is 0 Å². The van der Waals surface area contributed by atoms with E-state index < -0.39 is 5.97 Å². The summed E-state index contributed by atoms with van der Waals surface area (Å²) in [5.74, 6) is -0.851. The summed E-state index contributed by atoms with van der Waals surface area (Å²) in [4.78, 5) is 24.9. The highest BCUT2D eigenvalue weighted by Gasteiger charge is 2.18. The van der Waals surface area contributed by atoms with Crippen LogP contribution in [0, 0.1) is 0 Å². The Labute approximate surface area is 175 Å². The minimum Gasteiger partial charge on any atom is -0.476 e. The number of aromatic nitrogens is 2. The topological polar surface area (TPSA) is 72.2 Å². The molecule has 0 saturated carbocycles. The van der Waals surface area contributed by atoms with Crippen LogP contribution in [0.1, 0.15) is 21.6 Å². The molecular weight excluding hydrogens is 440 g/mol. The van der Waals surface area contributed by atoms with Crippen LogP contribution in [-0.4, -0.2) is 32.4 Å². The number of nitrogens with zero attached hydrogens (tertiary/aromatic N) is 2. The van der Waals surface area contributed by atoms with Crippen LogP contribution in [0.25, 0.3) is 0 Å². The Morgan fingerprint density at radius 2 is 1.79 bits per heavy atom. The third kappa shape index (κ3) is 5.81. The molecule has 3 rings (SSSR count). The minimum atomic E-state index is -1.11. The van der Waals surface area contributed by atoms with Crippen LogP contribution in [0.4, 0.5) is 0 Å². The first kappa shape index (κ1) is 20.4. The van der Waals surface area contributed by atoms with Crippen molar-refractivity contribution in [1.29, 1.82) is 0 Å². The van der Waals surface area contributed by atoms with Crippen molar-refractivity contribution in [2.75, 3.05) is 5.75 Å². The molecule has 5 nitrogen and oxygen atoms in total. The minimum absolute atomic E-state index is 0.0296. The lowest BCUT2D eigenvalue weighted by Crippen LogP contribution is -2.09. The number of aryl methyl sites for hydroxylation is 2. The number of benzene rings is 2. The number of hydrogen-bond donors (Lipinski definition) is 1. The summed E-state index contributed by atoms with van der Waals surface area (Å²) < 4.78 is 2.60. The molecule has 0 saturated heterocycles. The van der Waals surface area contributed by atoms with Gasteiger partial charge < -0.3 is 5.11 Å². The van der Waals surface area contributed by atoms with Gasteiger partial charge in [0.25, 0.3) is 0 Å². The largest absolute Gasteiger partial charge is 0.476 e. The third-order valence-corrected chi connectivity index (χ3v) is 5.71. The Morgan fingerprint density at radius 3 is 2.46 bits per heavy atom. The van der Waals surface area contributed by atoms with E-state index >= 15 is 0 Å². The summed E-state index contributed by atoms with van der Waals surface area (Å²) >= 11 is 4.82. The molecule has 7 heteroatoms. The Hall–Kier alpha value is -2.38. The van der Waals surface area contributed by atoms with E-state index in [1.165, 1.54) is 11.8 Å².